The summed E-state index contributed by atoms with van der Waals surface area (Å²) in [5, 5.41) is 3.03. The smallest absolute Gasteiger partial charge is 0.355 e. The van der Waals surface area contributed by atoms with Crippen LogP contribution in [0.5, 0.6) is 0 Å². The first-order valence-electron chi connectivity index (χ1n) is 8.54. The van der Waals surface area contributed by atoms with E-state index in [1.54, 1.807) is 0 Å². The van der Waals surface area contributed by atoms with Gasteiger partial charge in [0.25, 0.3) is 0 Å². The van der Waals surface area contributed by atoms with E-state index in [0.29, 0.717) is 31.7 Å². The minimum atomic E-state index is -4.46. The van der Waals surface area contributed by atoms with E-state index < -0.39 is 11.7 Å². The van der Waals surface area contributed by atoms with Crippen molar-refractivity contribution < 1.29 is 18.0 Å². The summed E-state index contributed by atoms with van der Waals surface area (Å²) >= 11 is 5.99. The average molecular weight is 378 g/mol. The first kappa shape index (κ1) is 19.8. The van der Waals surface area contributed by atoms with Gasteiger partial charge in [0.1, 0.15) is 5.82 Å². The lowest BCUT2D eigenvalue weighted by Gasteiger charge is -2.33. The summed E-state index contributed by atoms with van der Waals surface area (Å²) in [7, 11) is 0. The minimum absolute atomic E-state index is 0.0187. The zero-order chi connectivity index (χ0) is 18.6. The summed E-state index contributed by atoms with van der Waals surface area (Å²) in [4.78, 5) is 18.0. The summed E-state index contributed by atoms with van der Waals surface area (Å²) in [6, 6.07) is 1.09. The zero-order valence-electron chi connectivity index (χ0n) is 14.4. The van der Waals surface area contributed by atoms with E-state index in [1.165, 1.54) is 0 Å². The molecule has 25 heavy (non-hydrogen) atoms. The molecule has 4 nitrogen and oxygen atoms in total. The number of piperidine rings is 1. The molecule has 0 unspecified atom stereocenters. The average Bonchev–Trinajstić information content (AvgIpc) is 2.58. The zero-order valence-corrected chi connectivity index (χ0v) is 15.1. The van der Waals surface area contributed by atoms with Crippen LogP contribution < -0.4 is 10.2 Å². The van der Waals surface area contributed by atoms with Crippen LogP contribution >= 0.6 is 11.6 Å². The Morgan fingerprint density at radius 1 is 1.36 bits per heavy atom. The highest BCUT2D eigenvalue weighted by Gasteiger charge is 2.33. The van der Waals surface area contributed by atoms with E-state index in [2.05, 4.69) is 10.3 Å². The predicted octanol–water partition coefficient (Wildman–Crippen LogP) is 4.28. The number of rotatable bonds is 5. The summed E-state index contributed by atoms with van der Waals surface area (Å²) in [5.74, 6) is 0.318. The number of alkyl halides is 3. The third-order valence-corrected chi connectivity index (χ3v) is 4.92. The van der Waals surface area contributed by atoms with E-state index >= 15 is 0 Å². The van der Waals surface area contributed by atoms with Gasteiger partial charge in [-0.1, -0.05) is 25.4 Å². The third-order valence-electron chi connectivity index (χ3n) is 4.65. The van der Waals surface area contributed by atoms with Crippen molar-refractivity contribution in [2.45, 2.75) is 51.7 Å². The van der Waals surface area contributed by atoms with Crippen molar-refractivity contribution in [2.24, 2.45) is 5.92 Å². The summed E-state index contributed by atoms with van der Waals surface area (Å²) < 4.78 is 38.1. The lowest BCUT2D eigenvalue weighted by Crippen LogP contribution is -2.43. The molecule has 1 aliphatic rings. The Morgan fingerprint density at radius 3 is 2.44 bits per heavy atom. The molecule has 0 atom stereocenters. The molecule has 0 aliphatic carbocycles. The molecular weight excluding hydrogens is 355 g/mol. The molecule has 0 saturated carbocycles. The Labute approximate surface area is 150 Å². The van der Waals surface area contributed by atoms with Gasteiger partial charge >= 0.3 is 6.18 Å². The van der Waals surface area contributed by atoms with Crippen molar-refractivity contribution in [1.29, 1.82) is 0 Å². The Balaban J connectivity index is 1.97. The minimum Gasteiger partial charge on any atom is -0.355 e. The van der Waals surface area contributed by atoms with Gasteiger partial charge in [0.15, 0.2) is 0 Å². The van der Waals surface area contributed by atoms with Crippen LogP contribution in [0.4, 0.5) is 19.0 Å². The van der Waals surface area contributed by atoms with Crippen molar-refractivity contribution in [3.63, 3.8) is 0 Å². The first-order chi connectivity index (χ1) is 11.8. The standard InChI is InChI=1S/C17H23ClF3N3O/c1-3-13(4-2)23-16(25)11-5-7-24(8-6-11)15-14(18)9-12(10-22-15)17(19,20)21/h9-11,13H,3-8H2,1-2H3,(H,23,25). The molecule has 2 rings (SSSR count). The number of hydrogen-bond donors (Lipinski definition) is 1. The van der Waals surface area contributed by atoms with Crippen LogP contribution in [0.25, 0.3) is 0 Å². The fourth-order valence-electron chi connectivity index (χ4n) is 2.98. The summed E-state index contributed by atoms with van der Waals surface area (Å²) in [5.41, 5.74) is -0.860. The van der Waals surface area contributed by atoms with Gasteiger partial charge < -0.3 is 10.2 Å². The number of hydrogen-bond acceptors (Lipinski definition) is 3. The highest BCUT2D eigenvalue weighted by atomic mass is 35.5. The van der Waals surface area contributed by atoms with E-state index in [4.69, 9.17) is 11.6 Å². The Bertz CT molecular complexity index is 597. The molecule has 2 heterocycles. The SMILES string of the molecule is CCC(CC)NC(=O)C1CCN(c2ncc(C(F)(F)F)cc2Cl)CC1. The number of carbonyl (C=O) groups excluding carboxylic acids is 1. The highest BCUT2D eigenvalue weighted by molar-refractivity contribution is 6.33. The van der Waals surface area contributed by atoms with Crippen molar-refractivity contribution in [1.82, 2.24) is 10.3 Å². The van der Waals surface area contributed by atoms with Crippen LogP contribution in [0.1, 0.15) is 45.1 Å². The van der Waals surface area contributed by atoms with Crippen LogP contribution in [-0.2, 0) is 11.0 Å². The van der Waals surface area contributed by atoms with Gasteiger partial charge in [0.2, 0.25) is 5.91 Å². The van der Waals surface area contributed by atoms with Gasteiger partial charge in [0, 0.05) is 31.2 Å². The third kappa shape index (κ3) is 5.00. The number of pyridine rings is 1. The second-order valence-corrected chi connectivity index (χ2v) is 6.72. The number of amides is 1. The van der Waals surface area contributed by atoms with Crippen molar-refractivity contribution in [2.75, 3.05) is 18.0 Å². The largest absolute Gasteiger partial charge is 0.417 e. The number of nitrogens with zero attached hydrogens (tertiary/aromatic N) is 2. The summed E-state index contributed by atoms with van der Waals surface area (Å²) in [6.07, 6.45) is -0.614. The van der Waals surface area contributed by atoms with Crippen LogP contribution in [0.3, 0.4) is 0 Å². The normalized spacial score (nSPS) is 16.4. The van der Waals surface area contributed by atoms with Gasteiger partial charge in [0.05, 0.1) is 10.6 Å². The van der Waals surface area contributed by atoms with Crippen LogP contribution in [-0.4, -0.2) is 30.0 Å². The molecule has 0 radical (unpaired) electrons. The Morgan fingerprint density at radius 2 is 1.96 bits per heavy atom. The molecule has 1 N–H and O–H groups in total. The van der Waals surface area contributed by atoms with Crippen LogP contribution in [0.15, 0.2) is 12.3 Å². The molecule has 1 aliphatic heterocycles. The lowest BCUT2D eigenvalue weighted by atomic mass is 9.95. The Hall–Kier alpha value is -1.50. The van der Waals surface area contributed by atoms with E-state index in [0.717, 1.165) is 25.1 Å². The predicted molar refractivity (Wildman–Crippen MR) is 91.7 cm³/mol. The maximum absolute atomic E-state index is 12.7. The molecule has 1 amide bonds. The molecule has 0 aromatic carbocycles. The number of nitrogens with one attached hydrogen (secondary N) is 1. The van der Waals surface area contributed by atoms with Crippen molar-refractivity contribution in [3.8, 4) is 0 Å². The number of aromatic nitrogens is 1. The van der Waals surface area contributed by atoms with Crippen molar-refractivity contribution >= 4 is 23.3 Å². The highest BCUT2D eigenvalue weighted by Crippen LogP contribution is 2.34. The maximum Gasteiger partial charge on any atom is 0.417 e. The van der Waals surface area contributed by atoms with Gasteiger partial charge in [-0.2, -0.15) is 13.2 Å². The quantitative estimate of drug-likeness (QED) is 0.833. The van der Waals surface area contributed by atoms with E-state index in [1.807, 2.05) is 18.7 Å². The number of anilines is 1. The Kier molecular flexibility index (Phi) is 6.54. The fraction of sp³-hybridized carbons (Fsp3) is 0.647. The van der Waals surface area contributed by atoms with E-state index in [9.17, 15) is 18.0 Å². The molecule has 8 heteroatoms. The van der Waals surface area contributed by atoms with Gasteiger partial charge in [-0.05, 0) is 31.7 Å². The molecule has 1 aromatic rings. The summed E-state index contributed by atoms with van der Waals surface area (Å²) in [6.45, 7) is 5.16. The monoisotopic (exact) mass is 377 g/mol. The molecule has 1 saturated heterocycles. The second-order valence-electron chi connectivity index (χ2n) is 6.31. The number of halogens is 4. The molecule has 0 spiro atoms. The maximum atomic E-state index is 12.7. The molecule has 1 aromatic heterocycles. The van der Waals surface area contributed by atoms with Gasteiger partial charge in [-0.25, -0.2) is 4.98 Å². The van der Waals surface area contributed by atoms with Gasteiger partial charge in [-0.15, -0.1) is 0 Å². The van der Waals surface area contributed by atoms with Gasteiger partial charge in [-0.3, -0.25) is 4.79 Å². The number of carbonyl (C=O) groups is 1. The molecular formula is C17H23ClF3N3O. The topological polar surface area (TPSA) is 45.2 Å². The fourth-order valence-corrected chi connectivity index (χ4v) is 3.27. The van der Waals surface area contributed by atoms with Crippen LogP contribution in [0.2, 0.25) is 5.02 Å². The molecule has 0 bridgehead atoms. The second kappa shape index (κ2) is 8.25. The molecule has 1 fully saturated rings. The van der Waals surface area contributed by atoms with Crippen molar-refractivity contribution in [3.05, 3.63) is 22.8 Å². The molecule has 140 valence electrons. The van der Waals surface area contributed by atoms with Crippen LogP contribution in [0, 0.1) is 5.92 Å². The van der Waals surface area contributed by atoms with E-state index in [-0.39, 0.29) is 22.9 Å². The lowest BCUT2D eigenvalue weighted by molar-refractivity contribution is -0.137. The first-order valence-corrected chi connectivity index (χ1v) is 8.92.